The van der Waals surface area contributed by atoms with Gasteiger partial charge in [0.25, 0.3) is 0 Å². The van der Waals surface area contributed by atoms with Gasteiger partial charge in [0.05, 0.1) is 10.0 Å². The normalized spacial score (nSPS) is 13.1. The van der Waals surface area contributed by atoms with Gasteiger partial charge in [-0.15, -0.1) is 0 Å². The van der Waals surface area contributed by atoms with Crippen molar-refractivity contribution in [2.75, 3.05) is 13.1 Å². The lowest BCUT2D eigenvalue weighted by atomic mass is 10.0. The van der Waals surface area contributed by atoms with Crippen molar-refractivity contribution in [3.05, 3.63) is 33.8 Å². The smallest absolute Gasteiger partial charge is 0.0624 e. The summed E-state index contributed by atoms with van der Waals surface area (Å²) in [4.78, 5) is 0. The van der Waals surface area contributed by atoms with E-state index in [-0.39, 0.29) is 0 Å². The summed E-state index contributed by atoms with van der Waals surface area (Å²) in [6, 6.07) is 5.83. The minimum Gasteiger partial charge on any atom is -0.316 e. The largest absolute Gasteiger partial charge is 0.316 e. The lowest BCUT2D eigenvalue weighted by Gasteiger charge is -2.15. The van der Waals surface area contributed by atoms with Gasteiger partial charge in [0.1, 0.15) is 0 Å². The third kappa shape index (κ3) is 5.29. The van der Waals surface area contributed by atoms with E-state index in [0.29, 0.717) is 21.9 Å². The highest BCUT2D eigenvalue weighted by Crippen LogP contribution is 2.27. The van der Waals surface area contributed by atoms with Crippen LogP contribution >= 0.6 is 23.2 Å². The zero-order chi connectivity index (χ0) is 12.8. The summed E-state index contributed by atoms with van der Waals surface area (Å²) in [6.07, 6.45) is 0.963. The second-order valence-corrected chi connectivity index (χ2v) is 5.86. The first-order chi connectivity index (χ1) is 8.00. The van der Waals surface area contributed by atoms with E-state index in [9.17, 15) is 0 Å². The molecule has 0 aliphatic carbocycles. The molecule has 1 N–H and O–H groups in total. The van der Waals surface area contributed by atoms with E-state index in [2.05, 4.69) is 26.1 Å². The van der Waals surface area contributed by atoms with Gasteiger partial charge in [-0.25, -0.2) is 0 Å². The molecule has 0 saturated carbocycles. The zero-order valence-corrected chi connectivity index (χ0v) is 12.3. The predicted molar refractivity (Wildman–Crippen MR) is 77.0 cm³/mol. The number of benzene rings is 1. The predicted octanol–water partition coefficient (Wildman–Crippen LogP) is 4.42. The summed E-state index contributed by atoms with van der Waals surface area (Å²) in [7, 11) is 0. The molecule has 3 heteroatoms. The van der Waals surface area contributed by atoms with Gasteiger partial charge in [-0.05, 0) is 43.0 Å². The first-order valence-corrected chi connectivity index (χ1v) is 6.90. The van der Waals surface area contributed by atoms with Gasteiger partial charge in [-0.1, -0.05) is 56.1 Å². The van der Waals surface area contributed by atoms with Crippen molar-refractivity contribution in [1.82, 2.24) is 5.32 Å². The third-order valence-corrected chi connectivity index (χ3v) is 3.50. The van der Waals surface area contributed by atoms with Gasteiger partial charge in [0.15, 0.2) is 0 Å². The van der Waals surface area contributed by atoms with Crippen LogP contribution in [0.15, 0.2) is 18.2 Å². The monoisotopic (exact) mass is 273 g/mol. The van der Waals surface area contributed by atoms with Crippen LogP contribution in [0.1, 0.15) is 26.3 Å². The highest BCUT2D eigenvalue weighted by molar-refractivity contribution is 6.42. The average molecular weight is 274 g/mol. The summed E-state index contributed by atoms with van der Waals surface area (Å²) < 4.78 is 0. The van der Waals surface area contributed by atoms with Gasteiger partial charge in [-0.3, -0.25) is 0 Å². The van der Waals surface area contributed by atoms with Crippen LogP contribution in [0.4, 0.5) is 0 Å². The van der Waals surface area contributed by atoms with Crippen LogP contribution in [0.5, 0.6) is 0 Å². The van der Waals surface area contributed by atoms with Crippen LogP contribution in [0, 0.1) is 11.8 Å². The maximum absolute atomic E-state index is 6.17. The Labute approximate surface area is 115 Å². The van der Waals surface area contributed by atoms with Crippen molar-refractivity contribution in [2.24, 2.45) is 11.8 Å². The van der Waals surface area contributed by atoms with Crippen molar-refractivity contribution in [3.8, 4) is 0 Å². The summed E-state index contributed by atoms with van der Waals surface area (Å²) >= 11 is 12.2. The van der Waals surface area contributed by atoms with Crippen LogP contribution in [0.3, 0.4) is 0 Å². The molecule has 1 nitrogen and oxygen atoms in total. The molecule has 0 fully saturated rings. The number of hydrogen-bond acceptors (Lipinski definition) is 1. The van der Waals surface area contributed by atoms with Gasteiger partial charge in [0, 0.05) is 0 Å². The van der Waals surface area contributed by atoms with Crippen LogP contribution in [-0.4, -0.2) is 13.1 Å². The quantitative estimate of drug-likeness (QED) is 0.809. The van der Waals surface area contributed by atoms with Crippen LogP contribution in [0.2, 0.25) is 10.0 Å². The Morgan fingerprint density at radius 1 is 1.12 bits per heavy atom. The molecule has 1 aromatic rings. The molecule has 0 saturated heterocycles. The first-order valence-electron chi connectivity index (χ1n) is 6.14. The molecular weight excluding hydrogens is 253 g/mol. The molecule has 0 aliphatic heterocycles. The van der Waals surface area contributed by atoms with E-state index >= 15 is 0 Å². The molecule has 1 rings (SSSR count). The maximum Gasteiger partial charge on any atom is 0.0624 e. The highest BCUT2D eigenvalue weighted by atomic mass is 35.5. The minimum atomic E-state index is 0.560. The molecule has 0 amide bonds. The lowest BCUT2D eigenvalue weighted by Crippen LogP contribution is -2.26. The van der Waals surface area contributed by atoms with Crippen molar-refractivity contribution in [3.63, 3.8) is 0 Å². The summed E-state index contributed by atoms with van der Waals surface area (Å²) in [5, 5.41) is 4.81. The molecule has 96 valence electrons. The van der Waals surface area contributed by atoms with E-state index < -0.39 is 0 Å². The van der Waals surface area contributed by atoms with Crippen molar-refractivity contribution in [2.45, 2.75) is 27.2 Å². The molecule has 1 atom stereocenters. The Morgan fingerprint density at radius 3 is 2.47 bits per heavy atom. The fourth-order valence-corrected chi connectivity index (χ4v) is 2.17. The van der Waals surface area contributed by atoms with Crippen LogP contribution in [-0.2, 0) is 6.42 Å². The fourth-order valence-electron chi connectivity index (χ4n) is 1.77. The third-order valence-electron chi connectivity index (χ3n) is 2.65. The van der Waals surface area contributed by atoms with E-state index in [0.717, 1.165) is 25.1 Å². The Morgan fingerprint density at radius 2 is 1.82 bits per heavy atom. The van der Waals surface area contributed by atoms with E-state index in [1.54, 1.807) is 0 Å². The standard InChI is InChI=1S/C14H21Cl2N/c1-10(2)8-17-9-11(3)7-12-5-4-6-13(15)14(12)16/h4-6,10-11,17H,7-9H2,1-3H3. The Kier molecular flexibility index (Phi) is 6.32. The van der Waals surface area contributed by atoms with Gasteiger partial charge >= 0.3 is 0 Å². The number of hydrogen-bond donors (Lipinski definition) is 1. The number of halogens is 2. The Hall–Kier alpha value is -0.240. The zero-order valence-electron chi connectivity index (χ0n) is 10.8. The van der Waals surface area contributed by atoms with Gasteiger partial charge in [-0.2, -0.15) is 0 Å². The van der Waals surface area contributed by atoms with Gasteiger partial charge < -0.3 is 5.32 Å². The summed E-state index contributed by atoms with van der Waals surface area (Å²) in [5.74, 6) is 1.25. The molecule has 0 spiro atoms. The Balaban J connectivity index is 2.45. The molecule has 0 aromatic heterocycles. The van der Waals surface area contributed by atoms with E-state index in [1.165, 1.54) is 0 Å². The van der Waals surface area contributed by atoms with Crippen LogP contribution in [0.25, 0.3) is 0 Å². The number of nitrogens with one attached hydrogen (secondary N) is 1. The van der Waals surface area contributed by atoms with E-state index in [1.807, 2.05) is 18.2 Å². The summed E-state index contributed by atoms with van der Waals surface area (Å²) in [5.41, 5.74) is 1.14. The molecule has 0 radical (unpaired) electrons. The first kappa shape index (κ1) is 14.8. The van der Waals surface area contributed by atoms with Crippen LogP contribution < -0.4 is 5.32 Å². The second-order valence-electron chi connectivity index (χ2n) is 5.07. The second kappa shape index (κ2) is 7.25. The average Bonchev–Trinajstić information content (AvgIpc) is 2.24. The topological polar surface area (TPSA) is 12.0 Å². The Bertz CT molecular complexity index is 350. The molecule has 0 aliphatic rings. The molecular formula is C14H21Cl2N. The molecule has 0 heterocycles. The molecule has 0 bridgehead atoms. The molecule has 1 aromatic carbocycles. The summed E-state index contributed by atoms with van der Waals surface area (Å²) in [6.45, 7) is 8.73. The number of rotatable bonds is 6. The van der Waals surface area contributed by atoms with Crippen molar-refractivity contribution < 1.29 is 0 Å². The van der Waals surface area contributed by atoms with E-state index in [4.69, 9.17) is 23.2 Å². The molecule has 17 heavy (non-hydrogen) atoms. The van der Waals surface area contributed by atoms with Crippen molar-refractivity contribution >= 4 is 23.2 Å². The van der Waals surface area contributed by atoms with Crippen molar-refractivity contribution in [1.29, 1.82) is 0 Å². The minimum absolute atomic E-state index is 0.560. The fraction of sp³-hybridized carbons (Fsp3) is 0.571. The maximum atomic E-state index is 6.17. The van der Waals surface area contributed by atoms with Gasteiger partial charge in [0.2, 0.25) is 0 Å². The lowest BCUT2D eigenvalue weighted by molar-refractivity contribution is 0.473. The SMILES string of the molecule is CC(C)CNCC(C)Cc1cccc(Cl)c1Cl. The molecule has 1 unspecified atom stereocenters. The highest BCUT2D eigenvalue weighted by Gasteiger charge is 2.09.